The Morgan fingerprint density at radius 2 is 0.494 bits per heavy atom. The molecule has 0 aliphatic heterocycles. The smallest absolute Gasteiger partial charge is 0.306 e. The van der Waals surface area contributed by atoms with Gasteiger partial charge >= 0.3 is 17.9 Å². The number of carbonyl (C=O) groups is 3. The van der Waals surface area contributed by atoms with Crippen LogP contribution in [0.5, 0.6) is 0 Å². The van der Waals surface area contributed by atoms with Crippen LogP contribution in [0.1, 0.15) is 342 Å². The minimum Gasteiger partial charge on any atom is -0.462 e. The summed E-state index contributed by atoms with van der Waals surface area (Å²) in [6, 6.07) is 0. The molecule has 456 valence electrons. The van der Waals surface area contributed by atoms with E-state index in [4.69, 9.17) is 14.2 Å². The van der Waals surface area contributed by atoms with Gasteiger partial charge in [0, 0.05) is 19.3 Å². The van der Waals surface area contributed by atoms with Gasteiger partial charge in [-0.3, -0.25) is 14.4 Å². The van der Waals surface area contributed by atoms with Crippen LogP contribution in [-0.2, 0) is 28.6 Å². The highest BCUT2D eigenvalue weighted by molar-refractivity contribution is 5.71. The summed E-state index contributed by atoms with van der Waals surface area (Å²) in [4.78, 5) is 38.3. The standard InChI is InChI=1S/C73H128O6/c1-4-7-10-13-16-19-22-25-28-29-30-31-32-33-34-35-36-37-38-39-40-41-42-43-46-48-51-54-57-60-63-66-72(75)78-69-70(79-73(76)67-64-61-58-55-52-49-45-27-24-21-18-15-12-9-6-3)68-77-71(74)65-62-59-56-53-50-47-44-26-23-20-17-14-11-8-5-2/h8-9,11-12,17-18,20-21,26-27,44-45,52,55,70H,4-7,10,13-16,19,22-25,28-43,46-51,53-54,56-69H2,1-3H3/b11-8-,12-9-,20-17-,21-18-,44-26-,45-27-,55-52-. The molecule has 0 aliphatic carbocycles. The predicted octanol–water partition coefficient (Wildman–Crippen LogP) is 23.4. The van der Waals surface area contributed by atoms with Gasteiger partial charge in [0.15, 0.2) is 6.10 Å². The second-order valence-corrected chi connectivity index (χ2v) is 22.7. The van der Waals surface area contributed by atoms with Crippen molar-refractivity contribution in [2.45, 2.75) is 348 Å². The second kappa shape index (κ2) is 67.1. The number of hydrogen-bond acceptors (Lipinski definition) is 6. The lowest BCUT2D eigenvalue weighted by Crippen LogP contribution is -2.30. The Bertz CT molecular complexity index is 1500. The Labute approximate surface area is 490 Å². The van der Waals surface area contributed by atoms with Crippen LogP contribution >= 0.6 is 0 Å². The van der Waals surface area contributed by atoms with Crippen molar-refractivity contribution in [3.63, 3.8) is 0 Å². The van der Waals surface area contributed by atoms with E-state index in [0.717, 1.165) is 116 Å². The molecule has 1 unspecified atom stereocenters. The SMILES string of the molecule is CC/C=C\C/C=C\C/C=C\C/C=C\CCCCC(=O)OC(COC(=O)CCCCCCC/C=C\C/C=C\C/C=C\CC)COC(=O)CCCCCCCCCCCCCCCCCCCCCCCCCCCCCCCCC. The quantitative estimate of drug-likeness (QED) is 0.0261. The van der Waals surface area contributed by atoms with Crippen molar-refractivity contribution >= 4 is 17.9 Å². The molecular formula is C73H128O6. The minimum absolute atomic E-state index is 0.0968. The molecule has 0 amide bonds. The minimum atomic E-state index is -0.806. The van der Waals surface area contributed by atoms with Gasteiger partial charge in [0.1, 0.15) is 13.2 Å². The Morgan fingerprint density at radius 1 is 0.266 bits per heavy atom. The summed E-state index contributed by atoms with van der Waals surface area (Å²) in [5.41, 5.74) is 0. The number of rotatable bonds is 62. The molecular weight excluding hydrogens is 973 g/mol. The number of allylic oxidation sites excluding steroid dienone is 14. The predicted molar refractivity (Wildman–Crippen MR) is 344 cm³/mol. The van der Waals surface area contributed by atoms with Crippen LogP contribution in [0.15, 0.2) is 85.1 Å². The van der Waals surface area contributed by atoms with Crippen molar-refractivity contribution in [2.24, 2.45) is 0 Å². The number of hydrogen-bond donors (Lipinski definition) is 0. The van der Waals surface area contributed by atoms with Crippen LogP contribution in [0, 0.1) is 0 Å². The number of ether oxygens (including phenoxy) is 3. The van der Waals surface area contributed by atoms with E-state index >= 15 is 0 Å². The molecule has 0 spiro atoms. The number of carbonyl (C=O) groups excluding carboxylic acids is 3. The van der Waals surface area contributed by atoms with Crippen LogP contribution in [0.25, 0.3) is 0 Å². The molecule has 0 aromatic heterocycles. The average Bonchev–Trinajstić information content (AvgIpc) is 3.45. The molecule has 0 rings (SSSR count). The van der Waals surface area contributed by atoms with E-state index < -0.39 is 6.10 Å². The molecule has 0 saturated heterocycles. The summed E-state index contributed by atoms with van der Waals surface area (Å²) in [7, 11) is 0. The molecule has 0 N–H and O–H groups in total. The van der Waals surface area contributed by atoms with Crippen molar-refractivity contribution < 1.29 is 28.6 Å². The van der Waals surface area contributed by atoms with Crippen molar-refractivity contribution in [1.82, 2.24) is 0 Å². The molecule has 0 fully saturated rings. The summed E-state index contributed by atoms with van der Waals surface area (Å²) in [5, 5.41) is 0. The third kappa shape index (κ3) is 65.3. The molecule has 0 aromatic rings. The molecule has 1 atom stereocenters. The van der Waals surface area contributed by atoms with E-state index in [2.05, 4.69) is 106 Å². The molecule has 0 bridgehead atoms. The molecule has 0 radical (unpaired) electrons. The largest absolute Gasteiger partial charge is 0.462 e. The maximum atomic E-state index is 12.9. The zero-order valence-corrected chi connectivity index (χ0v) is 52.4. The molecule has 6 heteroatoms. The lowest BCUT2D eigenvalue weighted by atomic mass is 10.0. The van der Waals surface area contributed by atoms with Crippen molar-refractivity contribution in [3.05, 3.63) is 85.1 Å². The second-order valence-electron chi connectivity index (χ2n) is 22.7. The maximum Gasteiger partial charge on any atom is 0.306 e. The lowest BCUT2D eigenvalue weighted by molar-refractivity contribution is -0.167. The Balaban J connectivity index is 4.19. The van der Waals surface area contributed by atoms with Crippen molar-refractivity contribution in [1.29, 1.82) is 0 Å². The molecule has 0 aromatic carbocycles. The molecule has 0 heterocycles. The summed E-state index contributed by atoms with van der Waals surface area (Å²) in [5.74, 6) is -0.944. The third-order valence-corrected chi connectivity index (χ3v) is 14.9. The lowest BCUT2D eigenvalue weighted by Gasteiger charge is -2.18. The first-order chi connectivity index (χ1) is 39.0. The topological polar surface area (TPSA) is 78.9 Å². The van der Waals surface area contributed by atoms with Gasteiger partial charge < -0.3 is 14.2 Å². The van der Waals surface area contributed by atoms with Gasteiger partial charge in [-0.05, 0) is 89.9 Å². The summed E-state index contributed by atoms with van der Waals surface area (Å²) < 4.78 is 16.9. The fourth-order valence-electron chi connectivity index (χ4n) is 9.86. The highest BCUT2D eigenvalue weighted by Crippen LogP contribution is 2.18. The maximum absolute atomic E-state index is 12.9. The highest BCUT2D eigenvalue weighted by Gasteiger charge is 2.19. The van der Waals surface area contributed by atoms with Crippen LogP contribution in [-0.4, -0.2) is 37.2 Å². The van der Waals surface area contributed by atoms with Gasteiger partial charge in [-0.1, -0.05) is 318 Å². The fraction of sp³-hybridized carbons (Fsp3) is 0.767. The normalized spacial score (nSPS) is 12.6. The van der Waals surface area contributed by atoms with Crippen molar-refractivity contribution in [2.75, 3.05) is 13.2 Å². The average molecular weight is 1100 g/mol. The fourth-order valence-corrected chi connectivity index (χ4v) is 9.86. The third-order valence-electron chi connectivity index (χ3n) is 14.9. The molecule has 79 heavy (non-hydrogen) atoms. The Morgan fingerprint density at radius 3 is 0.797 bits per heavy atom. The van der Waals surface area contributed by atoms with E-state index in [0.29, 0.717) is 19.3 Å². The first-order valence-electron chi connectivity index (χ1n) is 34.1. The van der Waals surface area contributed by atoms with Crippen LogP contribution < -0.4 is 0 Å². The summed E-state index contributed by atoms with van der Waals surface area (Å²) in [6.45, 7) is 6.40. The van der Waals surface area contributed by atoms with Gasteiger partial charge in [-0.2, -0.15) is 0 Å². The summed E-state index contributed by atoms with van der Waals surface area (Å²) in [6.07, 6.45) is 89.2. The Kier molecular flexibility index (Phi) is 64.2. The van der Waals surface area contributed by atoms with Gasteiger partial charge in [0.05, 0.1) is 0 Å². The monoisotopic (exact) mass is 1100 g/mol. The van der Waals surface area contributed by atoms with Crippen molar-refractivity contribution in [3.8, 4) is 0 Å². The van der Waals surface area contributed by atoms with Crippen LogP contribution in [0.2, 0.25) is 0 Å². The summed E-state index contributed by atoms with van der Waals surface area (Å²) >= 11 is 0. The first kappa shape index (κ1) is 75.6. The Hall–Kier alpha value is -3.41. The highest BCUT2D eigenvalue weighted by atomic mass is 16.6. The van der Waals surface area contributed by atoms with Gasteiger partial charge in [0.25, 0.3) is 0 Å². The zero-order chi connectivity index (χ0) is 57.1. The molecule has 6 nitrogen and oxygen atoms in total. The number of esters is 3. The van der Waals surface area contributed by atoms with E-state index in [-0.39, 0.29) is 37.5 Å². The van der Waals surface area contributed by atoms with E-state index in [1.54, 1.807) is 0 Å². The van der Waals surface area contributed by atoms with E-state index in [1.807, 2.05) is 0 Å². The zero-order valence-electron chi connectivity index (χ0n) is 52.4. The van der Waals surface area contributed by atoms with Gasteiger partial charge in [-0.25, -0.2) is 0 Å². The first-order valence-corrected chi connectivity index (χ1v) is 34.1. The van der Waals surface area contributed by atoms with Crippen LogP contribution in [0.4, 0.5) is 0 Å². The van der Waals surface area contributed by atoms with E-state index in [9.17, 15) is 14.4 Å². The van der Waals surface area contributed by atoms with Crippen LogP contribution in [0.3, 0.4) is 0 Å². The number of unbranched alkanes of at least 4 members (excludes halogenated alkanes) is 37. The van der Waals surface area contributed by atoms with Gasteiger partial charge in [0.2, 0.25) is 0 Å². The molecule has 0 saturated carbocycles. The van der Waals surface area contributed by atoms with Gasteiger partial charge in [-0.15, -0.1) is 0 Å². The van der Waals surface area contributed by atoms with E-state index in [1.165, 1.54) is 180 Å². The molecule has 0 aliphatic rings.